The first kappa shape index (κ1) is 14.6. The van der Waals surface area contributed by atoms with Crippen LogP contribution in [0.15, 0.2) is 36.4 Å². The Morgan fingerprint density at radius 1 is 1.10 bits per heavy atom. The Balaban J connectivity index is 2.26. The largest absolute Gasteiger partial charge is 0.497 e. The summed E-state index contributed by atoms with van der Waals surface area (Å²) in [6, 6.07) is 8.77. The number of carbonyl (C=O) groups is 1. The second-order valence-corrected chi connectivity index (χ2v) is 4.29. The fourth-order valence-electron chi connectivity index (χ4n) is 1.79. The number of carbonyl (C=O) groups excluding carboxylic acids is 1. The predicted octanol–water partition coefficient (Wildman–Crippen LogP) is 2.68. The smallest absolute Gasteiger partial charge is 0.258 e. The monoisotopic (exact) mass is 290 g/mol. The zero-order valence-corrected chi connectivity index (χ0v) is 11.6. The van der Waals surface area contributed by atoms with Gasteiger partial charge in [-0.3, -0.25) is 4.79 Å². The molecule has 3 N–H and O–H groups in total. The van der Waals surface area contributed by atoms with E-state index in [-0.39, 0.29) is 11.3 Å². The minimum absolute atomic E-state index is 0.0917. The molecule has 21 heavy (non-hydrogen) atoms. The number of halogens is 1. The SMILES string of the molecule is COc1cc(NC(=O)c2ccc(N)cc2F)cc(OC)c1. The van der Waals surface area contributed by atoms with Crippen molar-refractivity contribution in [2.24, 2.45) is 0 Å². The summed E-state index contributed by atoms with van der Waals surface area (Å²) in [5, 5.41) is 2.59. The van der Waals surface area contributed by atoms with Gasteiger partial charge >= 0.3 is 0 Å². The third-order valence-corrected chi connectivity index (χ3v) is 2.85. The Hall–Kier alpha value is -2.76. The lowest BCUT2D eigenvalue weighted by atomic mass is 10.1. The van der Waals surface area contributed by atoms with E-state index in [4.69, 9.17) is 15.2 Å². The van der Waals surface area contributed by atoms with Gasteiger partial charge < -0.3 is 20.5 Å². The maximum absolute atomic E-state index is 13.7. The molecule has 6 heteroatoms. The van der Waals surface area contributed by atoms with Crippen molar-refractivity contribution in [1.82, 2.24) is 0 Å². The maximum atomic E-state index is 13.7. The molecule has 0 spiro atoms. The van der Waals surface area contributed by atoms with E-state index < -0.39 is 11.7 Å². The molecule has 0 fully saturated rings. The number of rotatable bonds is 4. The van der Waals surface area contributed by atoms with Crippen LogP contribution in [0.25, 0.3) is 0 Å². The lowest BCUT2D eigenvalue weighted by molar-refractivity contribution is 0.102. The van der Waals surface area contributed by atoms with Gasteiger partial charge in [-0.05, 0) is 18.2 Å². The van der Waals surface area contributed by atoms with E-state index >= 15 is 0 Å². The summed E-state index contributed by atoms with van der Waals surface area (Å²) in [4.78, 5) is 12.1. The Kier molecular flexibility index (Phi) is 4.27. The molecule has 0 aliphatic heterocycles. The number of nitrogens with one attached hydrogen (secondary N) is 1. The van der Waals surface area contributed by atoms with Gasteiger partial charge in [-0.2, -0.15) is 0 Å². The number of ether oxygens (including phenoxy) is 2. The number of nitrogen functional groups attached to an aromatic ring is 1. The molecule has 0 heterocycles. The van der Waals surface area contributed by atoms with Crippen LogP contribution in [0.4, 0.5) is 15.8 Å². The fourth-order valence-corrected chi connectivity index (χ4v) is 1.79. The Bertz CT molecular complexity index is 652. The van der Waals surface area contributed by atoms with Crippen LogP contribution in [0.3, 0.4) is 0 Å². The summed E-state index contributed by atoms with van der Waals surface area (Å²) in [5.74, 6) is -0.227. The first-order valence-electron chi connectivity index (χ1n) is 6.13. The van der Waals surface area contributed by atoms with Crippen molar-refractivity contribution in [1.29, 1.82) is 0 Å². The zero-order chi connectivity index (χ0) is 15.4. The summed E-state index contributed by atoms with van der Waals surface area (Å²) in [7, 11) is 3.00. The second kappa shape index (κ2) is 6.13. The van der Waals surface area contributed by atoms with Crippen LogP contribution in [0, 0.1) is 5.82 Å². The van der Waals surface area contributed by atoms with Gasteiger partial charge in [0.05, 0.1) is 19.8 Å². The fraction of sp³-hybridized carbons (Fsp3) is 0.133. The molecule has 0 saturated carbocycles. The summed E-state index contributed by atoms with van der Waals surface area (Å²) < 4.78 is 23.9. The van der Waals surface area contributed by atoms with Crippen molar-refractivity contribution in [3.8, 4) is 11.5 Å². The van der Waals surface area contributed by atoms with Crippen LogP contribution in [0.5, 0.6) is 11.5 Å². The molecular formula is C15H15FN2O3. The molecule has 5 nitrogen and oxygen atoms in total. The molecular weight excluding hydrogens is 275 g/mol. The quantitative estimate of drug-likeness (QED) is 0.849. The maximum Gasteiger partial charge on any atom is 0.258 e. The van der Waals surface area contributed by atoms with Crippen LogP contribution in [0.1, 0.15) is 10.4 Å². The van der Waals surface area contributed by atoms with Crippen LogP contribution < -0.4 is 20.5 Å². The normalized spacial score (nSPS) is 10.0. The third kappa shape index (κ3) is 3.42. The molecule has 1 amide bonds. The van der Waals surface area contributed by atoms with Crippen LogP contribution in [0.2, 0.25) is 0 Å². The number of methoxy groups -OCH3 is 2. The first-order valence-corrected chi connectivity index (χ1v) is 6.13. The third-order valence-electron chi connectivity index (χ3n) is 2.85. The van der Waals surface area contributed by atoms with Crippen molar-refractivity contribution in [2.75, 3.05) is 25.3 Å². The lowest BCUT2D eigenvalue weighted by Crippen LogP contribution is -2.14. The predicted molar refractivity (Wildman–Crippen MR) is 78.3 cm³/mol. The number of nitrogens with two attached hydrogens (primary N) is 1. The Morgan fingerprint density at radius 2 is 1.71 bits per heavy atom. The number of benzene rings is 2. The average molecular weight is 290 g/mol. The molecule has 2 aromatic carbocycles. The number of anilines is 2. The van der Waals surface area contributed by atoms with Gasteiger partial charge in [0.2, 0.25) is 0 Å². The highest BCUT2D eigenvalue weighted by molar-refractivity contribution is 6.04. The van der Waals surface area contributed by atoms with Gasteiger partial charge in [-0.15, -0.1) is 0 Å². The van der Waals surface area contributed by atoms with Gasteiger partial charge in [0.15, 0.2) is 0 Å². The zero-order valence-electron chi connectivity index (χ0n) is 11.6. The highest BCUT2D eigenvalue weighted by atomic mass is 19.1. The Labute approximate surface area is 121 Å². The van der Waals surface area contributed by atoms with Crippen LogP contribution in [-0.2, 0) is 0 Å². The van der Waals surface area contributed by atoms with E-state index in [0.29, 0.717) is 17.2 Å². The second-order valence-electron chi connectivity index (χ2n) is 4.29. The van der Waals surface area contributed by atoms with Gasteiger partial charge in [0, 0.05) is 29.6 Å². The molecule has 110 valence electrons. The van der Waals surface area contributed by atoms with E-state index in [1.807, 2.05) is 0 Å². The summed E-state index contributed by atoms with van der Waals surface area (Å²) in [6.07, 6.45) is 0. The minimum Gasteiger partial charge on any atom is -0.497 e. The summed E-state index contributed by atoms with van der Waals surface area (Å²) in [6.45, 7) is 0. The number of hydrogen-bond acceptors (Lipinski definition) is 4. The van der Waals surface area contributed by atoms with E-state index in [1.54, 1.807) is 18.2 Å². The van der Waals surface area contributed by atoms with E-state index in [1.165, 1.54) is 26.4 Å². The van der Waals surface area contributed by atoms with E-state index in [0.717, 1.165) is 6.07 Å². The topological polar surface area (TPSA) is 73.6 Å². The molecule has 0 aliphatic carbocycles. The van der Waals surface area contributed by atoms with Crippen LogP contribution >= 0.6 is 0 Å². The highest BCUT2D eigenvalue weighted by Gasteiger charge is 2.13. The van der Waals surface area contributed by atoms with Crippen molar-refractivity contribution in [3.63, 3.8) is 0 Å². The van der Waals surface area contributed by atoms with Crippen molar-refractivity contribution in [2.45, 2.75) is 0 Å². The standard InChI is InChI=1S/C15H15FN2O3/c1-20-11-6-10(7-12(8-11)21-2)18-15(19)13-4-3-9(17)5-14(13)16/h3-8H,17H2,1-2H3,(H,18,19). The summed E-state index contributed by atoms with van der Waals surface area (Å²) in [5.41, 5.74) is 6.05. The van der Waals surface area contributed by atoms with Crippen molar-refractivity contribution < 1.29 is 18.7 Å². The van der Waals surface area contributed by atoms with Crippen LogP contribution in [-0.4, -0.2) is 20.1 Å². The molecule has 2 rings (SSSR count). The molecule has 2 aromatic rings. The molecule has 0 aliphatic rings. The van der Waals surface area contributed by atoms with Gasteiger partial charge in [-0.25, -0.2) is 4.39 Å². The summed E-state index contributed by atoms with van der Waals surface area (Å²) >= 11 is 0. The molecule has 0 aromatic heterocycles. The van der Waals surface area contributed by atoms with E-state index in [2.05, 4.69) is 5.32 Å². The lowest BCUT2D eigenvalue weighted by Gasteiger charge is -2.10. The van der Waals surface area contributed by atoms with E-state index in [9.17, 15) is 9.18 Å². The molecule has 0 bridgehead atoms. The Morgan fingerprint density at radius 3 is 2.24 bits per heavy atom. The molecule has 0 radical (unpaired) electrons. The highest BCUT2D eigenvalue weighted by Crippen LogP contribution is 2.26. The first-order chi connectivity index (χ1) is 10.0. The van der Waals surface area contributed by atoms with Gasteiger partial charge in [-0.1, -0.05) is 0 Å². The van der Waals surface area contributed by atoms with Gasteiger partial charge in [0.1, 0.15) is 17.3 Å². The number of hydrogen-bond donors (Lipinski definition) is 2. The van der Waals surface area contributed by atoms with Crippen molar-refractivity contribution >= 4 is 17.3 Å². The number of amides is 1. The average Bonchev–Trinajstić information content (AvgIpc) is 2.46. The van der Waals surface area contributed by atoms with Crippen molar-refractivity contribution in [3.05, 3.63) is 47.8 Å². The molecule has 0 saturated heterocycles. The molecule has 0 unspecified atom stereocenters. The molecule has 0 atom stereocenters. The minimum atomic E-state index is -0.678. The van der Waals surface area contributed by atoms with Gasteiger partial charge in [0.25, 0.3) is 5.91 Å².